The molecule has 1 heterocycles. The van der Waals surface area contributed by atoms with Crippen LogP contribution in [0.1, 0.15) is 33.1 Å². The lowest BCUT2D eigenvalue weighted by Gasteiger charge is -2.34. The molecule has 0 aromatic heterocycles. The number of nitrogens with zero attached hydrogens (tertiary/aromatic N) is 1. The summed E-state index contributed by atoms with van der Waals surface area (Å²) in [6.45, 7) is 9.86. The Morgan fingerprint density at radius 2 is 1.79 bits per heavy atom. The summed E-state index contributed by atoms with van der Waals surface area (Å²) in [7, 11) is 0. The van der Waals surface area contributed by atoms with Crippen LogP contribution in [0.15, 0.2) is 0 Å². The van der Waals surface area contributed by atoms with E-state index in [1.807, 2.05) is 0 Å². The maximum absolute atomic E-state index is 3.59. The van der Waals surface area contributed by atoms with Gasteiger partial charge >= 0.3 is 0 Å². The molecule has 1 aliphatic heterocycles. The van der Waals surface area contributed by atoms with Gasteiger partial charge in [0.1, 0.15) is 0 Å². The molecule has 1 N–H and O–H groups in total. The average molecular weight is 196 g/mol. The Kier molecular flexibility index (Phi) is 3.45. The number of hydrogen-bond donors (Lipinski definition) is 1. The smallest absolute Gasteiger partial charge is 0.0107 e. The molecule has 2 heteroatoms. The Bertz CT molecular complexity index is 167. The van der Waals surface area contributed by atoms with Gasteiger partial charge in [-0.05, 0) is 31.1 Å². The first-order valence-electron chi connectivity index (χ1n) is 6.20. The summed E-state index contributed by atoms with van der Waals surface area (Å²) in [4.78, 5) is 2.63. The molecule has 2 atom stereocenters. The van der Waals surface area contributed by atoms with Crippen molar-refractivity contribution in [2.45, 2.75) is 39.2 Å². The van der Waals surface area contributed by atoms with Crippen molar-refractivity contribution in [3.63, 3.8) is 0 Å². The zero-order valence-electron chi connectivity index (χ0n) is 9.63. The van der Waals surface area contributed by atoms with Gasteiger partial charge in [0.2, 0.25) is 0 Å². The maximum atomic E-state index is 3.59. The van der Waals surface area contributed by atoms with Gasteiger partial charge in [-0.1, -0.05) is 13.8 Å². The van der Waals surface area contributed by atoms with E-state index in [0.29, 0.717) is 0 Å². The van der Waals surface area contributed by atoms with Crippen LogP contribution in [0.4, 0.5) is 0 Å². The molecule has 0 aromatic rings. The van der Waals surface area contributed by atoms with Crippen molar-refractivity contribution in [1.29, 1.82) is 0 Å². The fourth-order valence-corrected chi connectivity index (χ4v) is 2.69. The Labute approximate surface area is 88.1 Å². The van der Waals surface area contributed by atoms with Crippen molar-refractivity contribution in [3.05, 3.63) is 0 Å². The Morgan fingerprint density at radius 3 is 2.36 bits per heavy atom. The molecule has 0 bridgehead atoms. The summed E-state index contributed by atoms with van der Waals surface area (Å²) in [6, 6.07) is 0.870. The van der Waals surface area contributed by atoms with Gasteiger partial charge in [-0.25, -0.2) is 0 Å². The van der Waals surface area contributed by atoms with E-state index in [0.717, 1.165) is 17.9 Å². The normalized spacial score (nSPS) is 34.7. The zero-order chi connectivity index (χ0) is 9.97. The predicted molar refractivity (Wildman–Crippen MR) is 60.4 cm³/mol. The highest BCUT2D eigenvalue weighted by Gasteiger charge is 2.23. The fourth-order valence-electron chi connectivity index (χ4n) is 2.69. The third kappa shape index (κ3) is 3.25. The van der Waals surface area contributed by atoms with Crippen molar-refractivity contribution in [2.24, 2.45) is 11.8 Å². The molecule has 2 aliphatic rings. The second-order valence-electron chi connectivity index (χ2n) is 5.43. The minimum absolute atomic E-state index is 0.870. The highest BCUT2D eigenvalue weighted by atomic mass is 15.2. The molecule has 1 saturated carbocycles. The summed E-state index contributed by atoms with van der Waals surface area (Å²) < 4.78 is 0. The minimum atomic E-state index is 0.870. The summed E-state index contributed by atoms with van der Waals surface area (Å²) in [5, 5.41) is 3.59. The van der Waals surface area contributed by atoms with E-state index in [2.05, 4.69) is 24.1 Å². The lowest BCUT2D eigenvalue weighted by atomic mass is 9.92. The molecule has 2 rings (SSSR count). The topological polar surface area (TPSA) is 15.3 Å². The minimum Gasteiger partial charge on any atom is -0.313 e. The number of piperidine rings is 1. The molecular formula is C12H24N2. The number of hydrogen-bond acceptors (Lipinski definition) is 2. The zero-order valence-corrected chi connectivity index (χ0v) is 9.63. The van der Waals surface area contributed by atoms with Crippen LogP contribution in [0.5, 0.6) is 0 Å². The van der Waals surface area contributed by atoms with Crippen LogP contribution in [0.3, 0.4) is 0 Å². The molecule has 1 saturated heterocycles. The first-order chi connectivity index (χ1) is 6.74. The number of nitrogens with one attached hydrogen (secondary N) is 1. The van der Waals surface area contributed by atoms with Crippen LogP contribution < -0.4 is 5.32 Å². The summed E-state index contributed by atoms with van der Waals surface area (Å²) in [6.07, 6.45) is 4.24. The quantitative estimate of drug-likeness (QED) is 0.736. The first-order valence-corrected chi connectivity index (χ1v) is 6.20. The van der Waals surface area contributed by atoms with Crippen LogP contribution in [-0.4, -0.2) is 37.1 Å². The maximum Gasteiger partial charge on any atom is 0.0107 e. The molecule has 82 valence electrons. The third-order valence-corrected chi connectivity index (χ3v) is 3.38. The van der Waals surface area contributed by atoms with Gasteiger partial charge in [0.25, 0.3) is 0 Å². The number of likely N-dealkylation sites (tertiary alicyclic amines) is 1. The van der Waals surface area contributed by atoms with Gasteiger partial charge in [-0.15, -0.1) is 0 Å². The molecular weight excluding hydrogens is 172 g/mol. The Balaban J connectivity index is 1.62. The SMILES string of the molecule is CC1CC(C)CN(CCNC2CC2)C1. The molecule has 2 nitrogen and oxygen atoms in total. The van der Waals surface area contributed by atoms with Gasteiger partial charge in [0.15, 0.2) is 0 Å². The van der Waals surface area contributed by atoms with Crippen LogP contribution in [0, 0.1) is 11.8 Å². The van der Waals surface area contributed by atoms with Crippen LogP contribution >= 0.6 is 0 Å². The molecule has 0 radical (unpaired) electrons. The lowest BCUT2D eigenvalue weighted by molar-refractivity contribution is 0.142. The second kappa shape index (κ2) is 4.63. The van der Waals surface area contributed by atoms with Gasteiger partial charge < -0.3 is 10.2 Å². The Hall–Kier alpha value is -0.0800. The van der Waals surface area contributed by atoms with Crippen molar-refractivity contribution < 1.29 is 0 Å². The third-order valence-electron chi connectivity index (χ3n) is 3.38. The fraction of sp³-hybridized carbons (Fsp3) is 1.00. The molecule has 2 fully saturated rings. The van der Waals surface area contributed by atoms with Crippen LogP contribution in [0.2, 0.25) is 0 Å². The first kappa shape index (κ1) is 10.4. The summed E-state index contributed by atoms with van der Waals surface area (Å²) >= 11 is 0. The van der Waals surface area contributed by atoms with E-state index in [1.54, 1.807) is 0 Å². The molecule has 0 spiro atoms. The average Bonchev–Trinajstić information content (AvgIpc) is 2.86. The van der Waals surface area contributed by atoms with E-state index < -0.39 is 0 Å². The van der Waals surface area contributed by atoms with Gasteiger partial charge in [0.05, 0.1) is 0 Å². The van der Waals surface area contributed by atoms with E-state index in [4.69, 9.17) is 0 Å². The van der Waals surface area contributed by atoms with Gasteiger partial charge in [-0.3, -0.25) is 0 Å². The van der Waals surface area contributed by atoms with Crippen molar-refractivity contribution in [3.8, 4) is 0 Å². The molecule has 14 heavy (non-hydrogen) atoms. The van der Waals surface area contributed by atoms with E-state index >= 15 is 0 Å². The van der Waals surface area contributed by atoms with Crippen molar-refractivity contribution in [1.82, 2.24) is 10.2 Å². The summed E-state index contributed by atoms with van der Waals surface area (Å²) in [5.74, 6) is 1.80. The molecule has 0 aromatic carbocycles. The molecule has 1 aliphatic carbocycles. The lowest BCUT2D eigenvalue weighted by Crippen LogP contribution is -2.42. The second-order valence-corrected chi connectivity index (χ2v) is 5.43. The summed E-state index contributed by atoms with van der Waals surface area (Å²) in [5.41, 5.74) is 0. The standard InChI is InChI=1S/C12H24N2/c1-10-7-11(2)9-14(8-10)6-5-13-12-3-4-12/h10-13H,3-9H2,1-2H3. The van der Waals surface area contributed by atoms with Crippen molar-refractivity contribution in [2.75, 3.05) is 26.2 Å². The highest BCUT2D eigenvalue weighted by molar-refractivity contribution is 4.82. The van der Waals surface area contributed by atoms with Crippen LogP contribution in [0.25, 0.3) is 0 Å². The van der Waals surface area contributed by atoms with E-state index in [-0.39, 0.29) is 0 Å². The van der Waals surface area contributed by atoms with Gasteiger partial charge in [-0.2, -0.15) is 0 Å². The van der Waals surface area contributed by atoms with E-state index in [1.165, 1.54) is 45.4 Å². The predicted octanol–water partition coefficient (Wildman–Crippen LogP) is 1.72. The number of rotatable bonds is 4. The highest BCUT2D eigenvalue weighted by Crippen LogP contribution is 2.21. The van der Waals surface area contributed by atoms with Crippen LogP contribution in [-0.2, 0) is 0 Å². The molecule has 2 unspecified atom stereocenters. The monoisotopic (exact) mass is 196 g/mol. The van der Waals surface area contributed by atoms with Gasteiger partial charge in [0, 0.05) is 32.2 Å². The van der Waals surface area contributed by atoms with Crippen molar-refractivity contribution >= 4 is 0 Å². The largest absolute Gasteiger partial charge is 0.313 e. The van der Waals surface area contributed by atoms with E-state index in [9.17, 15) is 0 Å². The molecule has 0 amide bonds. The Morgan fingerprint density at radius 1 is 1.14 bits per heavy atom.